The Bertz CT molecular complexity index is 1220. The molecule has 3 rings (SSSR count). The van der Waals surface area contributed by atoms with Crippen LogP contribution in [0.1, 0.15) is 5.56 Å². The van der Waals surface area contributed by atoms with E-state index >= 15 is 0 Å². The SMILES string of the molecule is COc1ccc(NC(=O)COc2ccccc2/C=C(/C#N)C(=O)Nc2cccc(Cl)c2)cc1. The van der Waals surface area contributed by atoms with Crippen molar-refractivity contribution in [2.45, 2.75) is 0 Å². The second-order valence-electron chi connectivity index (χ2n) is 6.74. The van der Waals surface area contributed by atoms with Crippen molar-refractivity contribution in [1.29, 1.82) is 5.26 Å². The van der Waals surface area contributed by atoms with Crippen molar-refractivity contribution in [2.24, 2.45) is 0 Å². The summed E-state index contributed by atoms with van der Waals surface area (Å²) in [4.78, 5) is 24.8. The fraction of sp³-hybridized carbons (Fsp3) is 0.0800. The Morgan fingerprint density at radius 3 is 2.45 bits per heavy atom. The second-order valence-corrected chi connectivity index (χ2v) is 7.17. The highest BCUT2D eigenvalue weighted by molar-refractivity contribution is 6.31. The largest absolute Gasteiger partial charge is 0.497 e. The molecule has 2 amide bonds. The van der Waals surface area contributed by atoms with E-state index in [0.717, 1.165) is 0 Å². The molecule has 0 aromatic heterocycles. The van der Waals surface area contributed by atoms with Gasteiger partial charge in [-0.2, -0.15) is 5.26 Å². The number of benzene rings is 3. The molecule has 0 saturated heterocycles. The molecule has 0 atom stereocenters. The first kappa shape index (κ1) is 23.4. The molecule has 0 aliphatic rings. The number of carbonyl (C=O) groups is 2. The van der Waals surface area contributed by atoms with Gasteiger partial charge in [0.15, 0.2) is 6.61 Å². The number of carbonyl (C=O) groups excluding carboxylic acids is 2. The van der Waals surface area contributed by atoms with Crippen LogP contribution in [0.25, 0.3) is 6.08 Å². The van der Waals surface area contributed by atoms with E-state index < -0.39 is 5.91 Å². The molecule has 3 aromatic carbocycles. The Morgan fingerprint density at radius 1 is 1.00 bits per heavy atom. The number of ether oxygens (including phenoxy) is 2. The molecule has 0 unspecified atom stereocenters. The van der Waals surface area contributed by atoms with Crippen molar-refractivity contribution >= 4 is 40.9 Å². The van der Waals surface area contributed by atoms with E-state index in [2.05, 4.69) is 10.6 Å². The van der Waals surface area contributed by atoms with Gasteiger partial charge in [0.2, 0.25) is 0 Å². The Balaban J connectivity index is 1.67. The van der Waals surface area contributed by atoms with Crippen LogP contribution in [0, 0.1) is 11.3 Å². The van der Waals surface area contributed by atoms with E-state index in [4.69, 9.17) is 21.1 Å². The van der Waals surface area contributed by atoms with Crippen molar-refractivity contribution < 1.29 is 19.1 Å². The maximum atomic E-state index is 12.5. The predicted octanol–water partition coefficient (Wildman–Crippen LogP) is 4.91. The monoisotopic (exact) mass is 461 g/mol. The Labute approximate surface area is 196 Å². The standard InChI is InChI=1S/C25H20ClN3O4/c1-32-22-11-9-20(10-12-22)28-24(30)16-33-23-8-3-2-5-17(23)13-18(15-27)25(31)29-21-7-4-6-19(26)14-21/h2-14H,16H2,1H3,(H,28,30)(H,29,31)/b18-13-. The molecule has 3 aromatic rings. The molecule has 166 valence electrons. The molecule has 0 bridgehead atoms. The van der Waals surface area contributed by atoms with Crippen LogP contribution in [-0.4, -0.2) is 25.5 Å². The van der Waals surface area contributed by atoms with Crippen LogP contribution in [-0.2, 0) is 9.59 Å². The van der Waals surface area contributed by atoms with Crippen molar-refractivity contribution in [2.75, 3.05) is 24.4 Å². The minimum absolute atomic E-state index is 0.131. The van der Waals surface area contributed by atoms with Crippen LogP contribution < -0.4 is 20.1 Å². The van der Waals surface area contributed by atoms with Gasteiger partial charge in [0.25, 0.3) is 11.8 Å². The van der Waals surface area contributed by atoms with Gasteiger partial charge >= 0.3 is 0 Å². The van der Waals surface area contributed by atoms with Crippen molar-refractivity contribution in [3.63, 3.8) is 0 Å². The smallest absolute Gasteiger partial charge is 0.266 e. The minimum Gasteiger partial charge on any atom is -0.497 e. The third-order valence-corrected chi connectivity index (χ3v) is 4.63. The molecule has 0 radical (unpaired) electrons. The molecular formula is C25H20ClN3O4. The lowest BCUT2D eigenvalue weighted by atomic mass is 10.1. The summed E-state index contributed by atoms with van der Waals surface area (Å²) in [5, 5.41) is 15.3. The number of amides is 2. The summed E-state index contributed by atoms with van der Waals surface area (Å²) in [5.74, 6) is 0.0771. The van der Waals surface area contributed by atoms with Crippen LogP contribution in [0.5, 0.6) is 11.5 Å². The summed E-state index contributed by atoms with van der Waals surface area (Å²) in [6.45, 7) is -0.256. The number of methoxy groups -OCH3 is 1. The van der Waals surface area contributed by atoms with Gasteiger partial charge < -0.3 is 20.1 Å². The topological polar surface area (TPSA) is 100 Å². The third-order valence-electron chi connectivity index (χ3n) is 4.40. The van der Waals surface area contributed by atoms with Gasteiger partial charge in [-0.05, 0) is 54.6 Å². The average molecular weight is 462 g/mol. The van der Waals surface area contributed by atoms with E-state index in [0.29, 0.717) is 33.5 Å². The minimum atomic E-state index is -0.591. The molecule has 0 saturated carbocycles. The Morgan fingerprint density at radius 2 is 1.76 bits per heavy atom. The van der Waals surface area contributed by atoms with E-state index in [1.807, 2.05) is 6.07 Å². The molecule has 0 fully saturated rings. The van der Waals surface area contributed by atoms with Crippen LogP contribution in [0.15, 0.2) is 78.4 Å². The average Bonchev–Trinajstić information content (AvgIpc) is 2.82. The fourth-order valence-corrected chi connectivity index (χ4v) is 3.00. The van der Waals surface area contributed by atoms with Gasteiger partial charge in [0.1, 0.15) is 23.1 Å². The molecule has 0 aliphatic heterocycles. The summed E-state index contributed by atoms with van der Waals surface area (Å²) in [6.07, 6.45) is 1.40. The van der Waals surface area contributed by atoms with Crippen molar-refractivity contribution in [3.05, 3.63) is 89.0 Å². The van der Waals surface area contributed by atoms with Crippen molar-refractivity contribution in [3.8, 4) is 17.6 Å². The third kappa shape index (κ3) is 6.86. The predicted molar refractivity (Wildman–Crippen MR) is 127 cm³/mol. The molecule has 33 heavy (non-hydrogen) atoms. The molecular weight excluding hydrogens is 442 g/mol. The van der Waals surface area contributed by atoms with E-state index in [9.17, 15) is 14.9 Å². The number of nitrogens with zero attached hydrogens (tertiary/aromatic N) is 1. The van der Waals surface area contributed by atoms with Gasteiger partial charge in [0, 0.05) is 22.0 Å². The second kappa shape index (κ2) is 11.4. The highest BCUT2D eigenvalue weighted by atomic mass is 35.5. The summed E-state index contributed by atoms with van der Waals surface area (Å²) in [7, 11) is 1.56. The number of hydrogen-bond donors (Lipinski definition) is 2. The number of rotatable bonds is 8. The van der Waals surface area contributed by atoms with Crippen LogP contribution in [0.3, 0.4) is 0 Å². The Kier molecular flexibility index (Phi) is 8.06. The van der Waals surface area contributed by atoms with Crippen LogP contribution in [0.4, 0.5) is 11.4 Å². The lowest BCUT2D eigenvalue weighted by Crippen LogP contribution is -2.20. The summed E-state index contributed by atoms with van der Waals surface area (Å²) >= 11 is 5.93. The summed E-state index contributed by atoms with van der Waals surface area (Å²) < 4.78 is 10.7. The van der Waals surface area contributed by atoms with Gasteiger partial charge in [-0.15, -0.1) is 0 Å². The number of anilines is 2. The summed E-state index contributed by atoms with van der Waals surface area (Å²) in [5.41, 5.74) is 1.41. The van der Waals surface area contributed by atoms with Gasteiger partial charge in [-0.1, -0.05) is 35.9 Å². The number of hydrogen-bond acceptors (Lipinski definition) is 5. The Hall–Kier alpha value is -4.28. The molecule has 2 N–H and O–H groups in total. The first-order chi connectivity index (χ1) is 16.0. The molecule has 0 heterocycles. The molecule has 0 spiro atoms. The van der Waals surface area contributed by atoms with Crippen LogP contribution >= 0.6 is 11.6 Å². The number of nitriles is 1. The van der Waals surface area contributed by atoms with E-state index in [1.54, 1.807) is 79.9 Å². The van der Waals surface area contributed by atoms with E-state index in [1.165, 1.54) is 6.08 Å². The first-order valence-electron chi connectivity index (χ1n) is 9.83. The fourth-order valence-electron chi connectivity index (χ4n) is 2.81. The zero-order valence-electron chi connectivity index (χ0n) is 17.7. The first-order valence-corrected chi connectivity index (χ1v) is 10.2. The normalized spacial score (nSPS) is 10.6. The lowest BCUT2D eigenvalue weighted by molar-refractivity contribution is -0.118. The van der Waals surface area contributed by atoms with Crippen LogP contribution in [0.2, 0.25) is 5.02 Å². The molecule has 7 nitrogen and oxygen atoms in total. The van der Waals surface area contributed by atoms with Crippen molar-refractivity contribution in [1.82, 2.24) is 0 Å². The zero-order valence-corrected chi connectivity index (χ0v) is 18.4. The maximum Gasteiger partial charge on any atom is 0.266 e. The maximum absolute atomic E-state index is 12.5. The zero-order chi connectivity index (χ0) is 23.6. The summed E-state index contributed by atoms with van der Waals surface area (Å²) in [6, 6.07) is 22.2. The van der Waals surface area contributed by atoms with Gasteiger partial charge in [-0.3, -0.25) is 9.59 Å². The quantitative estimate of drug-likeness (QED) is 0.366. The number of halogens is 1. The molecule has 8 heteroatoms. The number of nitrogens with one attached hydrogen (secondary N) is 2. The lowest BCUT2D eigenvalue weighted by Gasteiger charge is -2.11. The van der Waals surface area contributed by atoms with Gasteiger partial charge in [-0.25, -0.2) is 0 Å². The highest BCUT2D eigenvalue weighted by Crippen LogP contribution is 2.22. The van der Waals surface area contributed by atoms with Gasteiger partial charge in [0.05, 0.1) is 7.11 Å². The number of para-hydroxylation sites is 1. The van der Waals surface area contributed by atoms with E-state index in [-0.39, 0.29) is 18.1 Å². The molecule has 0 aliphatic carbocycles. The highest BCUT2D eigenvalue weighted by Gasteiger charge is 2.12.